The Bertz CT molecular complexity index is 962. The molecule has 1 heterocycles. The Morgan fingerprint density at radius 2 is 1.34 bits per heavy atom. The number of rotatable bonds is 7. The number of carbonyl (C=O) groups is 1. The van der Waals surface area contributed by atoms with E-state index >= 15 is 0 Å². The number of para-hydroxylation sites is 2. The highest BCUT2D eigenvalue weighted by Crippen LogP contribution is 2.29. The molecule has 1 aliphatic rings. The second-order valence-electron chi connectivity index (χ2n) is 8.13. The summed E-state index contributed by atoms with van der Waals surface area (Å²) in [6.45, 7) is 5.38. The van der Waals surface area contributed by atoms with Gasteiger partial charge in [-0.3, -0.25) is 9.69 Å². The maximum Gasteiger partial charge on any atom is 0.237 e. The Labute approximate surface area is 190 Å². The van der Waals surface area contributed by atoms with Crippen molar-refractivity contribution in [2.45, 2.75) is 19.0 Å². The molecule has 0 radical (unpaired) electrons. The lowest BCUT2D eigenvalue weighted by atomic mass is 9.98. The largest absolute Gasteiger partial charge is 0.495 e. The number of hydrogen-bond donors (Lipinski definition) is 1. The molecular formula is C27H31N3O2. The van der Waals surface area contributed by atoms with E-state index in [1.807, 2.05) is 61.5 Å². The Morgan fingerprint density at radius 1 is 0.812 bits per heavy atom. The standard InChI is InChI=1S/C27H31N3O2/c1-21(29-17-19-30(20-18-29)24-15-9-10-16-25(24)32-2)27(31)28-26(22-11-5-3-6-12-22)23-13-7-4-8-14-23/h3-16,21,26H,17-20H2,1-2H3,(H,28,31)/t21-/m0/s1. The molecule has 4 rings (SSSR count). The summed E-state index contributed by atoms with van der Waals surface area (Å²) in [4.78, 5) is 17.9. The number of anilines is 1. The average molecular weight is 430 g/mol. The summed E-state index contributed by atoms with van der Waals surface area (Å²) in [7, 11) is 1.71. The lowest BCUT2D eigenvalue weighted by Gasteiger charge is -2.39. The van der Waals surface area contributed by atoms with Crippen molar-refractivity contribution >= 4 is 11.6 Å². The summed E-state index contributed by atoms with van der Waals surface area (Å²) >= 11 is 0. The minimum atomic E-state index is -0.204. The van der Waals surface area contributed by atoms with E-state index in [1.165, 1.54) is 0 Å². The summed E-state index contributed by atoms with van der Waals surface area (Å²) in [5.41, 5.74) is 3.28. The van der Waals surface area contributed by atoms with E-state index in [4.69, 9.17) is 4.74 Å². The number of piperazine rings is 1. The van der Waals surface area contributed by atoms with Gasteiger partial charge in [0, 0.05) is 26.2 Å². The van der Waals surface area contributed by atoms with Gasteiger partial charge in [0.1, 0.15) is 5.75 Å². The molecule has 0 unspecified atom stereocenters. The van der Waals surface area contributed by atoms with Crippen LogP contribution in [0, 0.1) is 0 Å². The molecule has 166 valence electrons. The molecule has 1 N–H and O–H groups in total. The summed E-state index contributed by atoms with van der Waals surface area (Å²) in [5.74, 6) is 0.939. The summed E-state index contributed by atoms with van der Waals surface area (Å²) in [6.07, 6.45) is 0. The Morgan fingerprint density at radius 3 is 1.91 bits per heavy atom. The van der Waals surface area contributed by atoms with Crippen LogP contribution in [0.3, 0.4) is 0 Å². The van der Waals surface area contributed by atoms with E-state index in [0.717, 1.165) is 48.7 Å². The lowest BCUT2D eigenvalue weighted by Crippen LogP contribution is -2.54. The summed E-state index contributed by atoms with van der Waals surface area (Å²) in [6, 6.07) is 28.0. The molecule has 1 aliphatic heterocycles. The van der Waals surface area contributed by atoms with Gasteiger partial charge in [0.05, 0.1) is 24.9 Å². The number of methoxy groups -OCH3 is 1. The van der Waals surface area contributed by atoms with Crippen LogP contribution in [0.5, 0.6) is 5.75 Å². The van der Waals surface area contributed by atoms with Crippen molar-refractivity contribution in [3.05, 3.63) is 96.1 Å². The molecule has 1 saturated heterocycles. The second kappa shape index (κ2) is 10.3. The number of amides is 1. The Kier molecular flexibility index (Phi) is 7.07. The van der Waals surface area contributed by atoms with Crippen molar-refractivity contribution in [3.8, 4) is 5.75 Å². The maximum atomic E-state index is 13.3. The van der Waals surface area contributed by atoms with Crippen LogP contribution in [0.1, 0.15) is 24.1 Å². The van der Waals surface area contributed by atoms with Crippen LogP contribution in [0.15, 0.2) is 84.9 Å². The van der Waals surface area contributed by atoms with Gasteiger partial charge in [0.2, 0.25) is 5.91 Å². The zero-order valence-electron chi connectivity index (χ0n) is 18.8. The van der Waals surface area contributed by atoms with E-state index in [1.54, 1.807) is 7.11 Å². The number of ether oxygens (including phenoxy) is 1. The first kappa shape index (κ1) is 21.9. The van der Waals surface area contributed by atoms with Crippen LogP contribution in [-0.2, 0) is 4.79 Å². The van der Waals surface area contributed by atoms with Crippen LogP contribution >= 0.6 is 0 Å². The highest BCUT2D eigenvalue weighted by molar-refractivity contribution is 5.82. The fourth-order valence-corrected chi connectivity index (χ4v) is 4.32. The monoisotopic (exact) mass is 429 g/mol. The van der Waals surface area contributed by atoms with Gasteiger partial charge in [0.15, 0.2) is 0 Å². The molecule has 3 aromatic rings. The van der Waals surface area contributed by atoms with Gasteiger partial charge >= 0.3 is 0 Å². The minimum absolute atomic E-state index is 0.0495. The van der Waals surface area contributed by atoms with Crippen molar-refractivity contribution < 1.29 is 9.53 Å². The zero-order valence-corrected chi connectivity index (χ0v) is 18.8. The maximum absolute atomic E-state index is 13.3. The number of carbonyl (C=O) groups excluding carboxylic acids is 1. The Balaban J connectivity index is 1.42. The quantitative estimate of drug-likeness (QED) is 0.614. The van der Waals surface area contributed by atoms with Gasteiger partial charge in [0.25, 0.3) is 0 Å². The fourth-order valence-electron chi connectivity index (χ4n) is 4.32. The molecule has 0 aliphatic carbocycles. The minimum Gasteiger partial charge on any atom is -0.495 e. The van der Waals surface area contributed by atoms with Crippen molar-refractivity contribution in [1.82, 2.24) is 10.2 Å². The van der Waals surface area contributed by atoms with Crippen molar-refractivity contribution in [2.24, 2.45) is 0 Å². The first-order valence-electron chi connectivity index (χ1n) is 11.2. The van der Waals surface area contributed by atoms with Crippen molar-refractivity contribution in [1.29, 1.82) is 0 Å². The van der Waals surface area contributed by atoms with Crippen LogP contribution < -0.4 is 15.0 Å². The number of nitrogens with zero attached hydrogens (tertiary/aromatic N) is 2. The normalized spacial score (nSPS) is 15.4. The van der Waals surface area contributed by atoms with Crippen LogP contribution in [0.2, 0.25) is 0 Å². The van der Waals surface area contributed by atoms with Crippen LogP contribution in [-0.4, -0.2) is 50.1 Å². The smallest absolute Gasteiger partial charge is 0.237 e. The van der Waals surface area contributed by atoms with Crippen LogP contribution in [0.25, 0.3) is 0 Å². The van der Waals surface area contributed by atoms with Gasteiger partial charge in [-0.25, -0.2) is 0 Å². The molecule has 1 fully saturated rings. The molecule has 0 spiro atoms. The van der Waals surface area contributed by atoms with Gasteiger partial charge < -0.3 is 15.0 Å². The lowest BCUT2D eigenvalue weighted by molar-refractivity contribution is -0.126. The Hall–Kier alpha value is -3.31. The molecule has 0 saturated carbocycles. The highest BCUT2D eigenvalue weighted by Gasteiger charge is 2.28. The third-order valence-electron chi connectivity index (χ3n) is 6.22. The van der Waals surface area contributed by atoms with E-state index < -0.39 is 0 Å². The molecule has 1 atom stereocenters. The molecule has 0 aromatic heterocycles. The number of nitrogens with one attached hydrogen (secondary N) is 1. The molecule has 0 bridgehead atoms. The van der Waals surface area contributed by atoms with Gasteiger partial charge in [-0.15, -0.1) is 0 Å². The zero-order chi connectivity index (χ0) is 22.3. The summed E-state index contributed by atoms with van der Waals surface area (Å²) < 4.78 is 5.52. The highest BCUT2D eigenvalue weighted by atomic mass is 16.5. The number of benzene rings is 3. The topological polar surface area (TPSA) is 44.8 Å². The number of hydrogen-bond acceptors (Lipinski definition) is 4. The van der Waals surface area contributed by atoms with E-state index in [9.17, 15) is 4.79 Å². The molecule has 32 heavy (non-hydrogen) atoms. The van der Waals surface area contributed by atoms with E-state index in [0.29, 0.717) is 0 Å². The molecule has 5 nitrogen and oxygen atoms in total. The molecular weight excluding hydrogens is 398 g/mol. The molecule has 3 aromatic carbocycles. The van der Waals surface area contributed by atoms with Crippen LogP contribution in [0.4, 0.5) is 5.69 Å². The van der Waals surface area contributed by atoms with Crippen molar-refractivity contribution in [3.63, 3.8) is 0 Å². The first-order chi connectivity index (χ1) is 15.7. The SMILES string of the molecule is COc1ccccc1N1CCN([C@@H](C)C(=O)NC(c2ccccc2)c2ccccc2)CC1. The average Bonchev–Trinajstić information content (AvgIpc) is 2.87. The van der Waals surface area contributed by atoms with E-state index in [2.05, 4.69) is 45.4 Å². The van der Waals surface area contributed by atoms with Gasteiger partial charge in [-0.1, -0.05) is 72.8 Å². The van der Waals surface area contributed by atoms with Crippen molar-refractivity contribution in [2.75, 3.05) is 38.2 Å². The summed E-state index contributed by atoms with van der Waals surface area (Å²) in [5, 5.41) is 3.29. The molecule has 5 heteroatoms. The third kappa shape index (κ3) is 4.94. The van der Waals surface area contributed by atoms with E-state index in [-0.39, 0.29) is 18.0 Å². The van der Waals surface area contributed by atoms with Gasteiger partial charge in [-0.05, 0) is 30.2 Å². The first-order valence-corrected chi connectivity index (χ1v) is 11.2. The fraction of sp³-hybridized carbons (Fsp3) is 0.296. The van der Waals surface area contributed by atoms with Gasteiger partial charge in [-0.2, -0.15) is 0 Å². The second-order valence-corrected chi connectivity index (χ2v) is 8.13. The third-order valence-corrected chi connectivity index (χ3v) is 6.22. The molecule has 1 amide bonds. The predicted molar refractivity (Wildman–Crippen MR) is 129 cm³/mol. The predicted octanol–water partition coefficient (Wildman–Crippen LogP) is 4.11.